The van der Waals surface area contributed by atoms with Crippen molar-refractivity contribution < 1.29 is 9.13 Å². The molecule has 0 saturated carbocycles. The molecule has 0 amide bonds. The molecule has 2 nitrogen and oxygen atoms in total. The predicted octanol–water partition coefficient (Wildman–Crippen LogP) is 3.89. The molecule has 104 valence electrons. The monoisotopic (exact) mass is 309 g/mol. The fourth-order valence-corrected chi connectivity index (χ4v) is 2.08. The van der Waals surface area contributed by atoms with Crippen LogP contribution in [0.25, 0.3) is 0 Å². The van der Waals surface area contributed by atoms with Crippen molar-refractivity contribution in [1.29, 1.82) is 0 Å². The van der Waals surface area contributed by atoms with Gasteiger partial charge in [-0.15, -0.1) is 0 Å². The van der Waals surface area contributed by atoms with Crippen molar-refractivity contribution >= 4 is 28.8 Å². The normalized spacial score (nSPS) is 10.3. The lowest BCUT2D eigenvalue weighted by Crippen LogP contribution is -2.10. The summed E-state index contributed by atoms with van der Waals surface area (Å²) in [6.45, 7) is 0.126. The maximum absolute atomic E-state index is 13.5. The molecule has 0 bridgehead atoms. The highest BCUT2D eigenvalue weighted by molar-refractivity contribution is 7.80. The van der Waals surface area contributed by atoms with Crippen molar-refractivity contribution in [3.05, 3.63) is 64.4 Å². The maximum Gasteiger partial charge on any atom is 0.129 e. The van der Waals surface area contributed by atoms with Gasteiger partial charge in [0, 0.05) is 17.0 Å². The first kappa shape index (κ1) is 14.8. The van der Waals surface area contributed by atoms with Crippen LogP contribution in [0.1, 0.15) is 11.1 Å². The molecule has 0 aliphatic heterocycles. The lowest BCUT2D eigenvalue weighted by molar-refractivity contribution is 0.300. The highest BCUT2D eigenvalue weighted by Gasteiger charge is 2.04. The molecule has 0 saturated heterocycles. The minimum Gasteiger partial charge on any atom is -0.489 e. The van der Waals surface area contributed by atoms with Gasteiger partial charge in [-0.3, -0.25) is 0 Å². The van der Waals surface area contributed by atoms with Gasteiger partial charge in [-0.1, -0.05) is 36.0 Å². The molecular formula is C15H13ClFNOS. The van der Waals surface area contributed by atoms with Crippen LogP contribution in [0, 0.1) is 5.82 Å². The Morgan fingerprint density at radius 3 is 2.55 bits per heavy atom. The Morgan fingerprint density at radius 2 is 1.90 bits per heavy atom. The first-order valence-corrected chi connectivity index (χ1v) is 6.77. The SMILES string of the molecule is NC(=S)Cc1ccc(OCc2cc(Cl)ccc2F)cc1. The minimum absolute atomic E-state index is 0.126. The van der Waals surface area contributed by atoms with Gasteiger partial charge < -0.3 is 10.5 Å². The van der Waals surface area contributed by atoms with Gasteiger partial charge in [0.25, 0.3) is 0 Å². The van der Waals surface area contributed by atoms with Gasteiger partial charge in [0.1, 0.15) is 18.2 Å². The van der Waals surface area contributed by atoms with E-state index in [0.29, 0.717) is 27.7 Å². The van der Waals surface area contributed by atoms with E-state index in [4.69, 9.17) is 34.3 Å². The summed E-state index contributed by atoms with van der Waals surface area (Å²) in [6, 6.07) is 11.7. The molecule has 0 aliphatic rings. The van der Waals surface area contributed by atoms with E-state index in [1.807, 2.05) is 12.1 Å². The van der Waals surface area contributed by atoms with Crippen molar-refractivity contribution in [2.45, 2.75) is 13.0 Å². The molecule has 2 rings (SSSR count). The second-order valence-corrected chi connectivity index (χ2v) is 5.27. The zero-order valence-corrected chi connectivity index (χ0v) is 12.2. The van der Waals surface area contributed by atoms with Crippen molar-refractivity contribution in [3.8, 4) is 5.75 Å². The Bertz CT molecular complexity index is 616. The van der Waals surface area contributed by atoms with Crippen LogP contribution in [0.4, 0.5) is 4.39 Å². The molecule has 0 unspecified atom stereocenters. The summed E-state index contributed by atoms with van der Waals surface area (Å²) in [5.41, 5.74) is 6.91. The molecule has 0 aliphatic carbocycles. The second kappa shape index (κ2) is 6.68. The van der Waals surface area contributed by atoms with Crippen LogP contribution in [0.15, 0.2) is 42.5 Å². The van der Waals surface area contributed by atoms with E-state index in [1.165, 1.54) is 12.1 Å². The van der Waals surface area contributed by atoms with E-state index in [0.717, 1.165) is 5.56 Å². The number of rotatable bonds is 5. The number of ether oxygens (including phenoxy) is 1. The molecule has 0 heterocycles. The molecular weight excluding hydrogens is 297 g/mol. The van der Waals surface area contributed by atoms with Crippen LogP contribution in [0.2, 0.25) is 5.02 Å². The Kier molecular flexibility index (Phi) is 4.93. The standard InChI is InChI=1S/C15H13ClFNOS/c16-12-3-6-14(17)11(8-12)9-19-13-4-1-10(2-5-13)7-15(18)20/h1-6,8H,7,9H2,(H2,18,20). The number of nitrogens with two attached hydrogens (primary N) is 1. The molecule has 0 aromatic heterocycles. The van der Waals surface area contributed by atoms with Gasteiger partial charge in [-0.25, -0.2) is 4.39 Å². The average Bonchev–Trinajstić information content (AvgIpc) is 2.41. The molecule has 0 fully saturated rings. The maximum atomic E-state index is 13.5. The number of benzene rings is 2. The fraction of sp³-hybridized carbons (Fsp3) is 0.133. The second-order valence-electron chi connectivity index (χ2n) is 4.31. The Balaban J connectivity index is 2.00. The fourth-order valence-electron chi connectivity index (χ4n) is 1.72. The summed E-state index contributed by atoms with van der Waals surface area (Å²) in [5, 5.41) is 0.483. The van der Waals surface area contributed by atoms with E-state index < -0.39 is 0 Å². The number of halogens is 2. The Labute approximate surface area is 127 Å². The molecule has 0 spiro atoms. The smallest absolute Gasteiger partial charge is 0.129 e. The van der Waals surface area contributed by atoms with Gasteiger partial charge in [0.15, 0.2) is 0 Å². The van der Waals surface area contributed by atoms with Gasteiger partial charge in [0.05, 0.1) is 4.99 Å². The lowest BCUT2D eigenvalue weighted by atomic mass is 10.1. The van der Waals surface area contributed by atoms with Crippen molar-refractivity contribution in [1.82, 2.24) is 0 Å². The van der Waals surface area contributed by atoms with E-state index in [1.54, 1.807) is 18.2 Å². The summed E-state index contributed by atoms with van der Waals surface area (Å²) in [4.78, 5) is 0.444. The van der Waals surface area contributed by atoms with E-state index >= 15 is 0 Å². The predicted molar refractivity (Wildman–Crippen MR) is 82.7 cm³/mol. The van der Waals surface area contributed by atoms with E-state index in [2.05, 4.69) is 0 Å². The van der Waals surface area contributed by atoms with Crippen LogP contribution >= 0.6 is 23.8 Å². The number of thiocarbonyl (C=S) groups is 1. The van der Waals surface area contributed by atoms with E-state index in [9.17, 15) is 4.39 Å². The molecule has 2 N–H and O–H groups in total. The Morgan fingerprint density at radius 1 is 1.20 bits per heavy atom. The first-order chi connectivity index (χ1) is 9.54. The zero-order valence-electron chi connectivity index (χ0n) is 10.6. The number of hydrogen-bond donors (Lipinski definition) is 1. The topological polar surface area (TPSA) is 35.2 Å². The van der Waals surface area contributed by atoms with Gasteiger partial charge in [-0.05, 0) is 35.9 Å². The van der Waals surface area contributed by atoms with Crippen LogP contribution in [-0.4, -0.2) is 4.99 Å². The first-order valence-electron chi connectivity index (χ1n) is 5.98. The van der Waals surface area contributed by atoms with Gasteiger partial charge >= 0.3 is 0 Å². The van der Waals surface area contributed by atoms with Crippen molar-refractivity contribution in [2.24, 2.45) is 5.73 Å². The highest BCUT2D eigenvalue weighted by atomic mass is 35.5. The van der Waals surface area contributed by atoms with Crippen LogP contribution in [-0.2, 0) is 13.0 Å². The van der Waals surface area contributed by atoms with Crippen LogP contribution in [0.5, 0.6) is 5.75 Å². The van der Waals surface area contributed by atoms with E-state index in [-0.39, 0.29) is 12.4 Å². The molecule has 20 heavy (non-hydrogen) atoms. The van der Waals surface area contributed by atoms with Crippen molar-refractivity contribution in [3.63, 3.8) is 0 Å². The molecule has 0 atom stereocenters. The lowest BCUT2D eigenvalue weighted by Gasteiger charge is -2.08. The van der Waals surface area contributed by atoms with Gasteiger partial charge in [-0.2, -0.15) is 0 Å². The molecule has 0 radical (unpaired) electrons. The summed E-state index contributed by atoms with van der Waals surface area (Å²) < 4.78 is 19.0. The minimum atomic E-state index is -0.334. The summed E-state index contributed by atoms with van der Waals surface area (Å²) >= 11 is 10.7. The molecule has 5 heteroatoms. The average molecular weight is 310 g/mol. The summed E-state index contributed by atoms with van der Waals surface area (Å²) in [6.07, 6.45) is 0.554. The third-order valence-corrected chi connectivity index (χ3v) is 3.08. The summed E-state index contributed by atoms with van der Waals surface area (Å²) in [7, 11) is 0. The number of hydrogen-bond acceptors (Lipinski definition) is 2. The quantitative estimate of drug-likeness (QED) is 0.851. The largest absolute Gasteiger partial charge is 0.489 e. The molecule has 2 aromatic carbocycles. The van der Waals surface area contributed by atoms with Crippen LogP contribution < -0.4 is 10.5 Å². The zero-order chi connectivity index (χ0) is 14.5. The molecule has 2 aromatic rings. The van der Waals surface area contributed by atoms with Crippen molar-refractivity contribution in [2.75, 3.05) is 0 Å². The van der Waals surface area contributed by atoms with Crippen LogP contribution in [0.3, 0.4) is 0 Å². The van der Waals surface area contributed by atoms with Gasteiger partial charge in [0.2, 0.25) is 0 Å². The third-order valence-electron chi connectivity index (χ3n) is 2.70. The third kappa shape index (κ3) is 4.18. The summed E-state index contributed by atoms with van der Waals surface area (Å²) in [5.74, 6) is 0.315. The Hall–Kier alpha value is -1.65. The highest BCUT2D eigenvalue weighted by Crippen LogP contribution is 2.18.